The molecule has 1 aromatic rings. The van der Waals surface area contributed by atoms with Gasteiger partial charge in [-0.3, -0.25) is 4.98 Å². The van der Waals surface area contributed by atoms with Crippen LogP contribution in [-0.2, 0) is 13.0 Å². The van der Waals surface area contributed by atoms with Crippen molar-refractivity contribution in [1.29, 1.82) is 0 Å². The number of carboxylic acids is 1. The SMILES string of the molecule is Cl.Cl.O=C(O)c1cnc2c(c1)CCNC2. The minimum absolute atomic E-state index is 0. The summed E-state index contributed by atoms with van der Waals surface area (Å²) in [5, 5.41) is 11.9. The molecule has 0 aliphatic carbocycles. The lowest BCUT2D eigenvalue weighted by atomic mass is 10.0. The highest BCUT2D eigenvalue weighted by Crippen LogP contribution is 2.12. The maximum absolute atomic E-state index is 10.6. The molecule has 0 aromatic carbocycles. The van der Waals surface area contributed by atoms with E-state index in [1.165, 1.54) is 6.20 Å². The van der Waals surface area contributed by atoms with Crippen LogP contribution in [0.2, 0.25) is 0 Å². The Labute approximate surface area is 99.9 Å². The van der Waals surface area contributed by atoms with Gasteiger partial charge in [-0.2, -0.15) is 0 Å². The lowest BCUT2D eigenvalue weighted by molar-refractivity contribution is 0.0696. The van der Waals surface area contributed by atoms with Crippen LogP contribution in [0.25, 0.3) is 0 Å². The molecule has 0 saturated heterocycles. The highest BCUT2D eigenvalue weighted by Gasteiger charge is 2.12. The average Bonchev–Trinajstić information content (AvgIpc) is 2.17. The van der Waals surface area contributed by atoms with Crippen LogP contribution in [0, 0.1) is 0 Å². The number of aromatic carboxylic acids is 1. The van der Waals surface area contributed by atoms with Gasteiger partial charge in [0.15, 0.2) is 0 Å². The summed E-state index contributed by atoms with van der Waals surface area (Å²) in [6, 6.07) is 1.71. The number of carbonyl (C=O) groups is 1. The monoisotopic (exact) mass is 250 g/mol. The third-order valence-corrected chi connectivity index (χ3v) is 2.17. The first-order valence-electron chi connectivity index (χ1n) is 4.19. The minimum Gasteiger partial charge on any atom is -0.478 e. The van der Waals surface area contributed by atoms with Gasteiger partial charge < -0.3 is 10.4 Å². The lowest BCUT2D eigenvalue weighted by Gasteiger charge is -2.15. The molecular weight excluding hydrogens is 239 g/mol. The van der Waals surface area contributed by atoms with Crippen molar-refractivity contribution in [1.82, 2.24) is 10.3 Å². The Balaban J connectivity index is 0.000000980. The van der Waals surface area contributed by atoms with Gasteiger partial charge in [-0.05, 0) is 24.6 Å². The molecule has 0 atom stereocenters. The van der Waals surface area contributed by atoms with Gasteiger partial charge in [0.25, 0.3) is 0 Å². The fourth-order valence-electron chi connectivity index (χ4n) is 1.46. The predicted molar refractivity (Wildman–Crippen MR) is 61.1 cm³/mol. The molecule has 1 aliphatic rings. The zero-order chi connectivity index (χ0) is 9.26. The largest absolute Gasteiger partial charge is 0.478 e. The molecule has 0 bridgehead atoms. The Kier molecular flexibility index (Phi) is 5.57. The van der Waals surface area contributed by atoms with Crippen LogP contribution in [0.15, 0.2) is 12.3 Å². The van der Waals surface area contributed by atoms with Gasteiger partial charge in [0.1, 0.15) is 0 Å². The molecule has 84 valence electrons. The molecule has 2 heterocycles. The summed E-state index contributed by atoms with van der Waals surface area (Å²) in [6.07, 6.45) is 2.28. The van der Waals surface area contributed by atoms with Crippen LogP contribution in [0.5, 0.6) is 0 Å². The van der Waals surface area contributed by atoms with Crippen molar-refractivity contribution in [3.8, 4) is 0 Å². The number of pyridine rings is 1. The highest BCUT2D eigenvalue weighted by atomic mass is 35.5. The number of nitrogens with zero attached hydrogens (tertiary/aromatic N) is 1. The van der Waals surface area contributed by atoms with Crippen molar-refractivity contribution in [2.24, 2.45) is 0 Å². The summed E-state index contributed by atoms with van der Waals surface area (Å²) in [4.78, 5) is 14.7. The van der Waals surface area contributed by atoms with E-state index in [1.54, 1.807) is 6.07 Å². The van der Waals surface area contributed by atoms with Crippen LogP contribution >= 0.6 is 24.8 Å². The van der Waals surface area contributed by atoms with Gasteiger partial charge in [0.2, 0.25) is 0 Å². The standard InChI is InChI=1S/C9H10N2O2.2ClH/c12-9(13)7-3-6-1-2-10-5-8(6)11-4-7;;/h3-4,10H,1-2,5H2,(H,12,13);2*1H. The maximum atomic E-state index is 10.6. The maximum Gasteiger partial charge on any atom is 0.337 e. The third kappa shape index (κ3) is 3.06. The average molecular weight is 251 g/mol. The van der Waals surface area contributed by atoms with Crippen LogP contribution in [0.3, 0.4) is 0 Å². The summed E-state index contributed by atoms with van der Waals surface area (Å²) in [5.41, 5.74) is 2.30. The molecule has 0 fully saturated rings. The number of fused-ring (bicyclic) bond motifs is 1. The Hall–Kier alpha value is -0.840. The van der Waals surface area contributed by atoms with Crippen molar-refractivity contribution < 1.29 is 9.90 Å². The van der Waals surface area contributed by atoms with E-state index < -0.39 is 5.97 Å². The van der Waals surface area contributed by atoms with Crippen LogP contribution in [-0.4, -0.2) is 22.6 Å². The Bertz CT molecular complexity index is 358. The second kappa shape index (κ2) is 5.90. The molecule has 0 radical (unpaired) electrons. The van der Waals surface area contributed by atoms with Gasteiger partial charge in [0, 0.05) is 12.7 Å². The molecule has 15 heavy (non-hydrogen) atoms. The number of rotatable bonds is 1. The smallest absolute Gasteiger partial charge is 0.337 e. The topological polar surface area (TPSA) is 62.2 Å². The molecule has 1 aliphatic heterocycles. The van der Waals surface area contributed by atoms with E-state index in [1.807, 2.05) is 0 Å². The van der Waals surface area contributed by atoms with Gasteiger partial charge >= 0.3 is 5.97 Å². The molecule has 1 aromatic heterocycles. The summed E-state index contributed by atoms with van der Waals surface area (Å²) in [5.74, 6) is -0.908. The molecule has 4 nitrogen and oxygen atoms in total. The molecular formula is C9H12Cl2N2O2. The fraction of sp³-hybridized carbons (Fsp3) is 0.333. The van der Waals surface area contributed by atoms with Gasteiger partial charge in [0.05, 0.1) is 11.3 Å². The van der Waals surface area contributed by atoms with E-state index in [4.69, 9.17) is 5.11 Å². The molecule has 2 rings (SSSR count). The second-order valence-electron chi connectivity index (χ2n) is 3.06. The summed E-state index contributed by atoms with van der Waals surface area (Å²) in [7, 11) is 0. The van der Waals surface area contributed by atoms with Gasteiger partial charge in [-0.1, -0.05) is 0 Å². The number of halogens is 2. The van der Waals surface area contributed by atoms with Crippen molar-refractivity contribution >= 4 is 30.8 Å². The third-order valence-electron chi connectivity index (χ3n) is 2.17. The Morgan fingerprint density at radius 1 is 1.47 bits per heavy atom. The molecule has 0 saturated carbocycles. The molecule has 2 N–H and O–H groups in total. The van der Waals surface area contributed by atoms with E-state index in [9.17, 15) is 4.79 Å². The second-order valence-corrected chi connectivity index (χ2v) is 3.06. The van der Waals surface area contributed by atoms with E-state index in [0.717, 1.165) is 30.8 Å². The van der Waals surface area contributed by atoms with Crippen molar-refractivity contribution in [2.75, 3.05) is 6.54 Å². The van der Waals surface area contributed by atoms with E-state index in [-0.39, 0.29) is 30.4 Å². The number of hydrogen-bond acceptors (Lipinski definition) is 3. The van der Waals surface area contributed by atoms with Gasteiger partial charge in [-0.25, -0.2) is 4.79 Å². The minimum atomic E-state index is -0.908. The summed E-state index contributed by atoms with van der Waals surface area (Å²) < 4.78 is 0. The quantitative estimate of drug-likeness (QED) is 0.789. The van der Waals surface area contributed by atoms with Crippen molar-refractivity contribution in [3.05, 3.63) is 29.1 Å². The zero-order valence-corrected chi connectivity index (χ0v) is 9.53. The molecule has 0 spiro atoms. The molecule has 0 amide bonds. The Morgan fingerprint density at radius 3 is 2.87 bits per heavy atom. The van der Waals surface area contributed by atoms with Gasteiger partial charge in [-0.15, -0.1) is 24.8 Å². The van der Waals surface area contributed by atoms with Crippen LogP contribution in [0.1, 0.15) is 21.6 Å². The van der Waals surface area contributed by atoms with Crippen LogP contribution < -0.4 is 5.32 Å². The lowest BCUT2D eigenvalue weighted by Crippen LogP contribution is -2.25. The first kappa shape index (κ1) is 14.2. The number of nitrogens with one attached hydrogen (secondary N) is 1. The molecule has 0 unspecified atom stereocenters. The van der Waals surface area contributed by atoms with E-state index >= 15 is 0 Å². The fourth-order valence-corrected chi connectivity index (χ4v) is 1.46. The first-order chi connectivity index (χ1) is 6.27. The first-order valence-corrected chi connectivity index (χ1v) is 4.19. The van der Waals surface area contributed by atoms with Crippen molar-refractivity contribution in [3.63, 3.8) is 0 Å². The van der Waals surface area contributed by atoms with Crippen molar-refractivity contribution in [2.45, 2.75) is 13.0 Å². The van der Waals surface area contributed by atoms with E-state index in [2.05, 4.69) is 10.3 Å². The zero-order valence-electron chi connectivity index (χ0n) is 7.90. The molecule has 6 heteroatoms. The number of aromatic nitrogens is 1. The summed E-state index contributed by atoms with van der Waals surface area (Å²) in [6.45, 7) is 1.65. The predicted octanol–water partition coefficient (Wildman–Crippen LogP) is 1.27. The number of carboxylic acid groups (broad SMARTS) is 1. The highest BCUT2D eigenvalue weighted by molar-refractivity contribution is 5.87. The normalized spacial score (nSPS) is 13.1. The number of hydrogen-bond donors (Lipinski definition) is 2. The van der Waals surface area contributed by atoms with E-state index in [0.29, 0.717) is 0 Å². The Morgan fingerprint density at radius 2 is 2.20 bits per heavy atom. The van der Waals surface area contributed by atoms with Crippen LogP contribution in [0.4, 0.5) is 0 Å². The summed E-state index contributed by atoms with van der Waals surface area (Å²) >= 11 is 0.